The number of ether oxygens (including phenoxy) is 1. The molecule has 1 aromatic carbocycles. The maximum absolute atomic E-state index is 12.0. The first-order valence-corrected chi connectivity index (χ1v) is 7.47. The van der Waals surface area contributed by atoms with Crippen LogP contribution in [0.5, 0.6) is 0 Å². The van der Waals surface area contributed by atoms with Gasteiger partial charge in [-0.1, -0.05) is 12.1 Å². The lowest BCUT2D eigenvalue weighted by atomic mass is 9.89. The van der Waals surface area contributed by atoms with E-state index < -0.39 is 22.8 Å². The third-order valence-corrected chi connectivity index (χ3v) is 3.38. The zero-order chi connectivity index (χ0) is 18.1. The summed E-state index contributed by atoms with van der Waals surface area (Å²) in [4.78, 5) is 44.3. The van der Waals surface area contributed by atoms with Crippen LogP contribution in [0.4, 0.5) is 5.69 Å². The van der Waals surface area contributed by atoms with Gasteiger partial charge in [-0.25, -0.2) is 0 Å². The second-order valence-corrected chi connectivity index (χ2v) is 5.19. The van der Waals surface area contributed by atoms with Crippen molar-refractivity contribution < 1.29 is 29.2 Å². The van der Waals surface area contributed by atoms with Crippen molar-refractivity contribution in [3.05, 3.63) is 39.9 Å². The summed E-state index contributed by atoms with van der Waals surface area (Å²) in [7, 11) is 0. The van der Waals surface area contributed by atoms with Gasteiger partial charge in [0.05, 0.1) is 24.4 Å². The van der Waals surface area contributed by atoms with E-state index >= 15 is 0 Å². The predicted molar refractivity (Wildman–Crippen MR) is 83.6 cm³/mol. The van der Waals surface area contributed by atoms with Gasteiger partial charge in [-0.3, -0.25) is 24.5 Å². The van der Waals surface area contributed by atoms with Gasteiger partial charge >= 0.3 is 11.9 Å². The average molecular weight is 337 g/mol. The average Bonchev–Trinajstić information content (AvgIpc) is 2.52. The number of rotatable bonds is 10. The van der Waals surface area contributed by atoms with Crippen molar-refractivity contribution in [2.45, 2.75) is 38.5 Å². The molecule has 0 aliphatic heterocycles. The minimum Gasteiger partial charge on any atom is -0.481 e. The highest BCUT2D eigenvalue weighted by Crippen LogP contribution is 2.26. The zero-order valence-electron chi connectivity index (χ0n) is 13.3. The third-order valence-electron chi connectivity index (χ3n) is 3.38. The van der Waals surface area contributed by atoms with Gasteiger partial charge in [0.2, 0.25) is 0 Å². The van der Waals surface area contributed by atoms with E-state index in [0.29, 0.717) is 5.56 Å². The van der Waals surface area contributed by atoms with Crippen LogP contribution in [0.15, 0.2) is 24.3 Å². The first kappa shape index (κ1) is 19.3. The van der Waals surface area contributed by atoms with E-state index in [0.717, 1.165) is 0 Å². The van der Waals surface area contributed by atoms with E-state index in [4.69, 9.17) is 9.84 Å². The van der Waals surface area contributed by atoms with Gasteiger partial charge in [0.25, 0.3) is 5.69 Å². The number of non-ortho nitro benzene ring substituents is 1. The topological polar surface area (TPSA) is 124 Å². The van der Waals surface area contributed by atoms with Crippen LogP contribution >= 0.6 is 0 Å². The molecule has 24 heavy (non-hydrogen) atoms. The van der Waals surface area contributed by atoms with Crippen LogP contribution in [0.25, 0.3) is 0 Å². The molecule has 0 heterocycles. The Labute approximate surface area is 138 Å². The van der Waals surface area contributed by atoms with Crippen LogP contribution in [-0.2, 0) is 19.1 Å². The molecular weight excluding hydrogens is 318 g/mol. The van der Waals surface area contributed by atoms with Crippen LogP contribution in [0, 0.1) is 10.1 Å². The predicted octanol–water partition coefficient (Wildman–Crippen LogP) is 2.46. The van der Waals surface area contributed by atoms with Crippen molar-refractivity contribution in [1.82, 2.24) is 0 Å². The van der Waals surface area contributed by atoms with Crippen molar-refractivity contribution in [2.75, 3.05) is 6.61 Å². The summed E-state index contributed by atoms with van der Waals surface area (Å²) in [6.45, 7) is 1.90. The molecule has 1 rings (SSSR count). The largest absolute Gasteiger partial charge is 0.481 e. The zero-order valence-corrected chi connectivity index (χ0v) is 13.3. The summed E-state index contributed by atoms with van der Waals surface area (Å²) in [6.07, 6.45) is -0.402. The number of ketones is 1. The minimum absolute atomic E-state index is 0.0259. The summed E-state index contributed by atoms with van der Waals surface area (Å²) < 4.78 is 4.73. The highest BCUT2D eigenvalue weighted by atomic mass is 16.6. The molecule has 0 saturated heterocycles. The number of benzene rings is 1. The van der Waals surface area contributed by atoms with Gasteiger partial charge in [-0.05, 0) is 12.5 Å². The second-order valence-electron chi connectivity index (χ2n) is 5.19. The Morgan fingerprint density at radius 2 is 1.79 bits per heavy atom. The highest BCUT2D eigenvalue weighted by molar-refractivity contribution is 5.84. The molecule has 0 radical (unpaired) electrons. The van der Waals surface area contributed by atoms with Crippen molar-refractivity contribution in [3.63, 3.8) is 0 Å². The molecule has 8 heteroatoms. The number of carboxylic acid groups (broad SMARTS) is 1. The molecule has 0 aliphatic carbocycles. The lowest BCUT2D eigenvalue weighted by Crippen LogP contribution is -2.13. The summed E-state index contributed by atoms with van der Waals surface area (Å²) in [5.41, 5.74) is 0.425. The number of carbonyl (C=O) groups excluding carboxylic acids is 2. The van der Waals surface area contributed by atoms with Crippen LogP contribution in [0.2, 0.25) is 0 Å². The maximum atomic E-state index is 12.0. The summed E-state index contributed by atoms with van der Waals surface area (Å²) >= 11 is 0. The van der Waals surface area contributed by atoms with E-state index in [9.17, 15) is 24.5 Å². The summed E-state index contributed by atoms with van der Waals surface area (Å²) in [6, 6.07) is 5.44. The number of hydrogen-bond donors (Lipinski definition) is 1. The summed E-state index contributed by atoms with van der Waals surface area (Å²) in [5, 5.41) is 19.6. The van der Waals surface area contributed by atoms with Gasteiger partial charge in [0.15, 0.2) is 0 Å². The molecule has 0 aromatic heterocycles. The normalized spacial score (nSPS) is 11.5. The molecule has 0 amide bonds. The van der Waals surface area contributed by atoms with E-state index in [1.165, 1.54) is 24.3 Å². The molecule has 0 bridgehead atoms. The fourth-order valence-corrected chi connectivity index (χ4v) is 2.24. The van der Waals surface area contributed by atoms with Gasteiger partial charge in [-0.15, -0.1) is 0 Å². The Morgan fingerprint density at radius 1 is 1.17 bits per heavy atom. The molecule has 1 atom stereocenters. The maximum Gasteiger partial charge on any atom is 0.306 e. The third kappa shape index (κ3) is 6.55. The molecular formula is C16H19NO7. The van der Waals surface area contributed by atoms with E-state index in [1.54, 1.807) is 6.92 Å². The van der Waals surface area contributed by atoms with E-state index in [2.05, 4.69) is 0 Å². The van der Waals surface area contributed by atoms with Crippen LogP contribution < -0.4 is 0 Å². The highest BCUT2D eigenvalue weighted by Gasteiger charge is 2.21. The molecule has 1 N–H and O–H groups in total. The molecule has 130 valence electrons. The standard InChI is InChI=1S/C16H19NO7/c1-2-24-16(21)8-7-14(18)9-12(10-15(19)20)11-3-5-13(6-4-11)17(22)23/h3-6,12H,2,7-10H2,1H3,(H,19,20). The number of hydrogen-bond acceptors (Lipinski definition) is 6. The van der Waals surface area contributed by atoms with Gasteiger partial charge in [0, 0.05) is 30.9 Å². The molecule has 8 nitrogen and oxygen atoms in total. The van der Waals surface area contributed by atoms with Crippen molar-refractivity contribution >= 4 is 23.4 Å². The second kappa shape index (κ2) is 9.39. The monoisotopic (exact) mass is 337 g/mol. The Kier molecular flexibility index (Phi) is 7.54. The Morgan fingerprint density at radius 3 is 2.29 bits per heavy atom. The van der Waals surface area contributed by atoms with Crippen molar-refractivity contribution in [1.29, 1.82) is 0 Å². The first-order chi connectivity index (χ1) is 11.3. The lowest BCUT2D eigenvalue weighted by molar-refractivity contribution is -0.384. The number of aliphatic carboxylic acids is 1. The molecule has 1 aromatic rings. The smallest absolute Gasteiger partial charge is 0.306 e. The van der Waals surface area contributed by atoms with E-state index in [-0.39, 0.29) is 43.8 Å². The Balaban J connectivity index is 2.74. The number of carboxylic acids is 1. The van der Waals surface area contributed by atoms with Crippen LogP contribution in [0.3, 0.4) is 0 Å². The molecule has 0 aliphatic rings. The molecule has 0 fully saturated rings. The van der Waals surface area contributed by atoms with Gasteiger partial charge < -0.3 is 9.84 Å². The van der Waals surface area contributed by atoms with Gasteiger partial charge in [0.1, 0.15) is 5.78 Å². The van der Waals surface area contributed by atoms with Crippen LogP contribution in [0.1, 0.15) is 44.1 Å². The lowest BCUT2D eigenvalue weighted by Gasteiger charge is -2.14. The van der Waals surface area contributed by atoms with Crippen molar-refractivity contribution in [2.24, 2.45) is 0 Å². The number of nitro benzene ring substituents is 1. The quantitative estimate of drug-likeness (QED) is 0.395. The number of esters is 1. The number of carbonyl (C=O) groups is 3. The number of nitro groups is 1. The Hall–Kier alpha value is -2.77. The Bertz CT molecular complexity index is 609. The summed E-state index contributed by atoms with van der Waals surface area (Å²) in [5.74, 6) is -2.40. The first-order valence-electron chi connectivity index (χ1n) is 7.47. The molecule has 0 saturated carbocycles. The number of Topliss-reactive ketones (excluding diaryl/α,β-unsaturated/α-hetero) is 1. The fourth-order valence-electron chi connectivity index (χ4n) is 2.24. The minimum atomic E-state index is -1.07. The fraction of sp³-hybridized carbons (Fsp3) is 0.438. The SMILES string of the molecule is CCOC(=O)CCC(=O)CC(CC(=O)O)c1ccc([N+](=O)[O-])cc1. The van der Waals surface area contributed by atoms with Crippen molar-refractivity contribution in [3.8, 4) is 0 Å². The van der Waals surface area contributed by atoms with Gasteiger partial charge in [-0.2, -0.15) is 0 Å². The van der Waals surface area contributed by atoms with Crippen LogP contribution in [-0.4, -0.2) is 34.4 Å². The van der Waals surface area contributed by atoms with E-state index in [1.807, 2.05) is 0 Å². The number of nitrogens with zero attached hydrogens (tertiary/aromatic N) is 1. The molecule has 0 spiro atoms. The molecule has 1 unspecified atom stereocenters.